The van der Waals surface area contributed by atoms with E-state index in [2.05, 4.69) is 10.2 Å². The molecule has 0 amide bonds. The lowest BCUT2D eigenvalue weighted by atomic mass is 10.1. The topological polar surface area (TPSA) is 43.2 Å². The third kappa shape index (κ3) is 2.38. The van der Waals surface area contributed by atoms with Crippen molar-refractivity contribution < 1.29 is 9.78 Å². The van der Waals surface area contributed by atoms with Crippen molar-refractivity contribution in [2.24, 2.45) is 10.2 Å². The first kappa shape index (κ1) is 10.9. The van der Waals surface area contributed by atoms with Gasteiger partial charge in [0.1, 0.15) is 6.61 Å². The summed E-state index contributed by atoms with van der Waals surface area (Å²) in [6.07, 6.45) is 0. The smallest absolute Gasteiger partial charge is 0.165 e. The Bertz CT molecular complexity index is 567. The highest BCUT2D eigenvalue weighted by Crippen LogP contribution is 2.27. The maximum atomic E-state index is 5.19. The zero-order chi connectivity index (χ0) is 12.2. The van der Waals surface area contributed by atoms with Crippen LogP contribution >= 0.6 is 0 Å². The molecule has 0 unspecified atom stereocenters. The largest absolute Gasteiger partial charge is 0.337 e. The van der Waals surface area contributed by atoms with E-state index in [0.29, 0.717) is 18.9 Å². The fraction of sp³-hybridized carbons (Fsp3) is 0.143. The van der Waals surface area contributed by atoms with Crippen LogP contribution in [-0.2, 0) is 18.0 Å². The van der Waals surface area contributed by atoms with Gasteiger partial charge in [-0.05, 0) is 23.8 Å². The van der Waals surface area contributed by atoms with Gasteiger partial charge in [0.15, 0.2) is 5.75 Å². The second-order valence-corrected chi connectivity index (χ2v) is 4.02. The van der Waals surface area contributed by atoms with Gasteiger partial charge in [-0.3, -0.25) is 0 Å². The fourth-order valence-electron chi connectivity index (χ4n) is 1.76. The van der Waals surface area contributed by atoms with Gasteiger partial charge in [-0.2, -0.15) is 15.1 Å². The van der Waals surface area contributed by atoms with Gasteiger partial charge < -0.3 is 4.89 Å². The van der Waals surface area contributed by atoms with Crippen molar-refractivity contribution in [3.63, 3.8) is 0 Å². The van der Waals surface area contributed by atoms with Crippen LogP contribution in [0, 0.1) is 0 Å². The van der Waals surface area contributed by atoms with E-state index in [1.165, 1.54) is 0 Å². The lowest BCUT2D eigenvalue weighted by molar-refractivity contribution is -0.217. The van der Waals surface area contributed by atoms with Crippen molar-refractivity contribution >= 4 is 5.69 Å². The normalized spacial score (nSPS) is 12.4. The highest BCUT2D eigenvalue weighted by Gasteiger charge is 2.08. The van der Waals surface area contributed by atoms with Gasteiger partial charge in [0.25, 0.3) is 0 Å². The van der Waals surface area contributed by atoms with E-state index < -0.39 is 0 Å². The van der Waals surface area contributed by atoms with Crippen LogP contribution < -0.4 is 4.89 Å². The van der Waals surface area contributed by atoms with E-state index in [0.717, 1.165) is 16.8 Å². The number of azo groups is 1. The van der Waals surface area contributed by atoms with Crippen LogP contribution in [0.25, 0.3) is 0 Å². The summed E-state index contributed by atoms with van der Waals surface area (Å²) in [6.45, 7) is 1.06. The molecule has 0 aliphatic carbocycles. The maximum Gasteiger partial charge on any atom is 0.165 e. The number of hydrogen-bond donors (Lipinski definition) is 0. The minimum atomic E-state index is 0.387. The number of rotatable bonds is 4. The Morgan fingerprint density at radius 2 is 1.94 bits per heavy atom. The predicted octanol–water partition coefficient (Wildman–Crippen LogP) is 3.79. The van der Waals surface area contributed by atoms with Crippen molar-refractivity contribution in [3.8, 4) is 5.75 Å². The molecule has 0 saturated carbocycles. The summed E-state index contributed by atoms with van der Waals surface area (Å²) in [7, 11) is 0. The summed E-state index contributed by atoms with van der Waals surface area (Å²) in [5, 5.41) is 8.03. The van der Waals surface area contributed by atoms with E-state index >= 15 is 0 Å². The van der Waals surface area contributed by atoms with Crippen LogP contribution in [0.5, 0.6) is 5.75 Å². The molecule has 0 radical (unpaired) electrons. The zero-order valence-electron chi connectivity index (χ0n) is 9.74. The lowest BCUT2D eigenvalue weighted by Crippen LogP contribution is -1.97. The van der Waals surface area contributed by atoms with Crippen LogP contribution in [0.1, 0.15) is 11.1 Å². The van der Waals surface area contributed by atoms with Crippen molar-refractivity contribution in [3.05, 3.63) is 59.7 Å². The molecule has 2 aromatic rings. The van der Waals surface area contributed by atoms with Crippen molar-refractivity contribution in [2.75, 3.05) is 0 Å². The quantitative estimate of drug-likeness (QED) is 0.602. The Morgan fingerprint density at radius 1 is 1.06 bits per heavy atom. The summed E-state index contributed by atoms with van der Waals surface area (Å²) in [5.74, 6) is 0.693. The van der Waals surface area contributed by atoms with Gasteiger partial charge in [-0.25, -0.2) is 0 Å². The summed E-state index contributed by atoms with van der Waals surface area (Å²) >= 11 is 0. The molecule has 4 nitrogen and oxygen atoms in total. The summed E-state index contributed by atoms with van der Waals surface area (Å²) < 4.78 is 0. The van der Waals surface area contributed by atoms with Crippen molar-refractivity contribution in [2.45, 2.75) is 13.2 Å². The first-order chi connectivity index (χ1) is 8.92. The monoisotopic (exact) mass is 240 g/mol. The van der Waals surface area contributed by atoms with Crippen LogP contribution in [0.3, 0.4) is 0 Å². The Hall–Kier alpha value is -2.20. The van der Waals surface area contributed by atoms with Crippen molar-refractivity contribution in [1.29, 1.82) is 0 Å². The van der Waals surface area contributed by atoms with Crippen LogP contribution in [-0.4, -0.2) is 0 Å². The van der Waals surface area contributed by atoms with Crippen LogP contribution in [0.4, 0.5) is 5.69 Å². The third-order valence-electron chi connectivity index (χ3n) is 2.69. The Kier molecular flexibility index (Phi) is 3.02. The number of nitrogens with zero attached hydrogens (tertiary/aromatic N) is 2. The fourth-order valence-corrected chi connectivity index (χ4v) is 1.76. The lowest BCUT2D eigenvalue weighted by Gasteiger charge is -2.05. The summed E-state index contributed by atoms with van der Waals surface area (Å²) in [5.41, 5.74) is 3.10. The van der Waals surface area contributed by atoms with Gasteiger partial charge in [-0.1, -0.05) is 30.3 Å². The molecule has 0 bridgehead atoms. The molecule has 4 heteroatoms. The molecule has 0 fully saturated rings. The Balaban J connectivity index is 1.59. The molecule has 0 saturated heterocycles. The van der Waals surface area contributed by atoms with Gasteiger partial charge in [0, 0.05) is 5.56 Å². The first-order valence-electron chi connectivity index (χ1n) is 5.76. The summed E-state index contributed by atoms with van der Waals surface area (Å²) in [4.78, 5) is 10.4. The summed E-state index contributed by atoms with van der Waals surface area (Å²) in [6, 6.07) is 15.4. The van der Waals surface area contributed by atoms with E-state index in [4.69, 9.17) is 9.78 Å². The Labute approximate surface area is 105 Å². The molecule has 3 rings (SSSR count). The standard InChI is InChI=1S/C14H12N2O2/c1-2-4-13(5-3-1)18-17-10-11-6-7-12-9-15-16-14(12)8-11/h1-8H,9-10H2. The number of hydrogen-bond acceptors (Lipinski definition) is 4. The SMILES string of the molecule is c1ccc(OOCc2ccc3c(c2)N=NC3)cc1. The number of benzene rings is 2. The minimum absolute atomic E-state index is 0.387. The Morgan fingerprint density at radius 3 is 2.83 bits per heavy atom. The average molecular weight is 240 g/mol. The molecule has 2 aromatic carbocycles. The second-order valence-electron chi connectivity index (χ2n) is 4.02. The highest BCUT2D eigenvalue weighted by molar-refractivity contribution is 5.49. The van der Waals surface area contributed by atoms with Crippen molar-refractivity contribution in [1.82, 2.24) is 0 Å². The average Bonchev–Trinajstić information content (AvgIpc) is 2.87. The van der Waals surface area contributed by atoms with E-state index in [-0.39, 0.29) is 0 Å². The molecule has 0 N–H and O–H groups in total. The van der Waals surface area contributed by atoms with Crippen LogP contribution in [0.2, 0.25) is 0 Å². The van der Waals surface area contributed by atoms with Gasteiger partial charge >= 0.3 is 0 Å². The zero-order valence-corrected chi connectivity index (χ0v) is 9.74. The molecular formula is C14H12N2O2. The molecule has 1 aliphatic rings. The predicted molar refractivity (Wildman–Crippen MR) is 66.5 cm³/mol. The van der Waals surface area contributed by atoms with E-state index in [1.807, 2.05) is 48.5 Å². The second kappa shape index (κ2) is 4.98. The molecule has 0 aromatic heterocycles. The van der Waals surface area contributed by atoms with Crippen LogP contribution in [0.15, 0.2) is 58.8 Å². The van der Waals surface area contributed by atoms with Gasteiger partial charge in [-0.15, -0.1) is 0 Å². The van der Waals surface area contributed by atoms with Gasteiger partial charge in [0.05, 0.1) is 12.2 Å². The third-order valence-corrected chi connectivity index (χ3v) is 2.69. The minimum Gasteiger partial charge on any atom is -0.337 e. The molecule has 0 atom stereocenters. The first-order valence-corrected chi connectivity index (χ1v) is 5.76. The highest BCUT2D eigenvalue weighted by atomic mass is 17.2. The number of fused-ring (bicyclic) bond motifs is 1. The molecule has 18 heavy (non-hydrogen) atoms. The molecular weight excluding hydrogens is 228 g/mol. The molecule has 90 valence electrons. The molecule has 1 heterocycles. The van der Waals surface area contributed by atoms with E-state index in [9.17, 15) is 0 Å². The van der Waals surface area contributed by atoms with Gasteiger partial charge in [0.2, 0.25) is 0 Å². The molecule has 1 aliphatic heterocycles. The maximum absolute atomic E-state index is 5.19. The molecule has 0 spiro atoms. The number of para-hydroxylation sites is 1. The van der Waals surface area contributed by atoms with E-state index in [1.54, 1.807) is 0 Å².